The SMILES string of the molecule is Cc1ccc(-c2nc3ccccc3o2)cc1NC(=O)c1cccc(F)c1. The summed E-state index contributed by atoms with van der Waals surface area (Å²) >= 11 is 0. The van der Waals surface area contributed by atoms with Gasteiger partial charge < -0.3 is 9.73 Å². The summed E-state index contributed by atoms with van der Waals surface area (Å²) in [5, 5.41) is 2.82. The summed E-state index contributed by atoms with van der Waals surface area (Å²) in [5.41, 5.74) is 3.99. The van der Waals surface area contributed by atoms with E-state index in [-0.39, 0.29) is 11.5 Å². The Morgan fingerprint density at radius 3 is 2.69 bits per heavy atom. The number of hydrogen-bond donors (Lipinski definition) is 1. The van der Waals surface area contributed by atoms with E-state index in [9.17, 15) is 9.18 Å². The first-order chi connectivity index (χ1) is 12.6. The third-order valence-electron chi connectivity index (χ3n) is 4.11. The van der Waals surface area contributed by atoms with Crippen LogP contribution in [0.5, 0.6) is 0 Å². The topological polar surface area (TPSA) is 55.1 Å². The summed E-state index contributed by atoms with van der Waals surface area (Å²) < 4.78 is 19.1. The standard InChI is InChI=1S/C21H15FN2O2/c1-13-9-10-15(21-24-17-7-2-3-8-19(17)26-21)12-18(13)23-20(25)14-5-4-6-16(22)11-14/h2-12H,1H3,(H,23,25). The Balaban J connectivity index is 1.67. The van der Waals surface area contributed by atoms with Crippen LogP contribution in [0.3, 0.4) is 0 Å². The lowest BCUT2D eigenvalue weighted by Gasteiger charge is -2.10. The molecule has 4 aromatic rings. The molecule has 1 heterocycles. The fourth-order valence-electron chi connectivity index (χ4n) is 2.71. The van der Waals surface area contributed by atoms with Crippen molar-refractivity contribution in [3.05, 3.63) is 83.7 Å². The molecule has 1 N–H and O–H groups in total. The number of nitrogens with zero attached hydrogens (tertiary/aromatic N) is 1. The molecule has 4 nitrogen and oxygen atoms in total. The van der Waals surface area contributed by atoms with Gasteiger partial charge in [-0.3, -0.25) is 4.79 Å². The highest BCUT2D eigenvalue weighted by Crippen LogP contribution is 2.28. The molecule has 0 atom stereocenters. The second kappa shape index (κ2) is 6.44. The molecule has 0 fully saturated rings. The number of carbonyl (C=O) groups excluding carboxylic acids is 1. The molecule has 1 aromatic heterocycles. The fourth-order valence-corrected chi connectivity index (χ4v) is 2.71. The molecule has 1 amide bonds. The number of para-hydroxylation sites is 2. The maximum atomic E-state index is 13.3. The van der Waals surface area contributed by atoms with Gasteiger partial charge in [0.15, 0.2) is 5.58 Å². The van der Waals surface area contributed by atoms with Crippen molar-refractivity contribution in [2.75, 3.05) is 5.32 Å². The summed E-state index contributed by atoms with van der Waals surface area (Å²) in [5.74, 6) is -0.343. The number of anilines is 1. The zero-order chi connectivity index (χ0) is 18.1. The average Bonchev–Trinajstić information content (AvgIpc) is 3.07. The third kappa shape index (κ3) is 3.07. The predicted molar refractivity (Wildman–Crippen MR) is 98.5 cm³/mol. The number of aryl methyl sites for hydroxylation is 1. The number of carbonyl (C=O) groups is 1. The summed E-state index contributed by atoms with van der Waals surface area (Å²) in [7, 11) is 0. The number of oxazole rings is 1. The van der Waals surface area contributed by atoms with Crippen molar-refractivity contribution in [1.29, 1.82) is 0 Å². The average molecular weight is 346 g/mol. The largest absolute Gasteiger partial charge is 0.436 e. The lowest BCUT2D eigenvalue weighted by molar-refractivity contribution is 0.102. The Bertz CT molecular complexity index is 1080. The number of halogens is 1. The third-order valence-corrected chi connectivity index (χ3v) is 4.11. The molecule has 0 saturated carbocycles. The van der Waals surface area contributed by atoms with Gasteiger partial charge in [0, 0.05) is 16.8 Å². The van der Waals surface area contributed by atoms with Crippen molar-refractivity contribution in [2.45, 2.75) is 6.92 Å². The monoisotopic (exact) mass is 346 g/mol. The molecular weight excluding hydrogens is 331 g/mol. The summed E-state index contributed by atoms with van der Waals surface area (Å²) in [6.07, 6.45) is 0. The van der Waals surface area contributed by atoms with E-state index in [0.717, 1.165) is 16.6 Å². The fraction of sp³-hybridized carbons (Fsp3) is 0.0476. The highest BCUT2D eigenvalue weighted by molar-refractivity contribution is 6.04. The highest BCUT2D eigenvalue weighted by atomic mass is 19.1. The molecule has 128 valence electrons. The van der Waals surface area contributed by atoms with Crippen LogP contribution in [-0.4, -0.2) is 10.9 Å². The molecule has 5 heteroatoms. The van der Waals surface area contributed by atoms with Gasteiger partial charge in [-0.15, -0.1) is 0 Å². The minimum atomic E-state index is -0.449. The zero-order valence-corrected chi connectivity index (χ0v) is 14.0. The van der Waals surface area contributed by atoms with Crippen molar-refractivity contribution in [1.82, 2.24) is 4.98 Å². The minimum Gasteiger partial charge on any atom is -0.436 e. The van der Waals surface area contributed by atoms with E-state index in [4.69, 9.17) is 4.42 Å². The van der Waals surface area contributed by atoms with Crippen LogP contribution >= 0.6 is 0 Å². The number of aromatic nitrogens is 1. The quantitative estimate of drug-likeness (QED) is 0.555. The van der Waals surface area contributed by atoms with Gasteiger partial charge in [0.1, 0.15) is 11.3 Å². The lowest BCUT2D eigenvalue weighted by Crippen LogP contribution is -2.13. The van der Waals surface area contributed by atoms with Crippen molar-refractivity contribution in [3.8, 4) is 11.5 Å². The van der Waals surface area contributed by atoms with Crippen LogP contribution in [0.1, 0.15) is 15.9 Å². The van der Waals surface area contributed by atoms with Crippen molar-refractivity contribution in [3.63, 3.8) is 0 Å². The van der Waals surface area contributed by atoms with E-state index in [2.05, 4.69) is 10.3 Å². The van der Waals surface area contributed by atoms with E-state index in [1.54, 1.807) is 12.1 Å². The van der Waals surface area contributed by atoms with Crippen LogP contribution in [0.4, 0.5) is 10.1 Å². The molecule has 3 aromatic carbocycles. The van der Waals surface area contributed by atoms with E-state index in [1.807, 2.05) is 43.3 Å². The van der Waals surface area contributed by atoms with E-state index < -0.39 is 5.82 Å². The second-order valence-corrected chi connectivity index (χ2v) is 5.98. The molecule has 0 aliphatic heterocycles. The van der Waals surface area contributed by atoms with Crippen molar-refractivity contribution in [2.24, 2.45) is 0 Å². The molecule has 0 unspecified atom stereocenters. The van der Waals surface area contributed by atoms with Crippen LogP contribution in [0.15, 0.2) is 71.1 Å². The molecule has 0 radical (unpaired) electrons. The van der Waals surface area contributed by atoms with Crippen molar-refractivity contribution >= 4 is 22.7 Å². The molecule has 0 saturated heterocycles. The van der Waals surface area contributed by atoms with Crippen LogP contribution in [0, 0.1) is 12.7 Å². The summed E-state index contributed by atoms with van der Waals surface area (Å²) in [6.45, 7) is 1.89. The number of amides is 1. The van der Waals surface area contributed by atoms with Crippen LogP contribution in [-0.2, 0) is 0 Å². The van der Waals surface area contributed by atoms with Gasteiger partial charge in [-0.2, -0.15) is 0 Å². The Kier molecular flexibility index (Phi) is 3.97. The number of benzene rings is 3. The maximum Gasteiger partial charge on any atom is 0.255 e. The molecule has 0 aliphatic carbocycles. The van der Waals surface area contributed by atoms with E-state index in [1.165, 1.54) is 18.2 Å². The molecule has 0 aliphatic rings. The molecular formula is C21H15FN2O2. The number of fused-ring (bicyclic) bond motifs is 1. The van der Waals surface area contributed by atoms with Gasteiger partial charge >= 0.3 is 0 Å². The normalized spacial score (nSPS) is 10.8. The first-order valence-electron chi connectivity index (χ1n) is 8.14. The Hall–Kier alpha value is -3.47. The van der Waals surface area contributed by atoms with Gasteiger partial charge in [0.25, 0.3) is 5.91 Å². The van der Waals surface area contributed by atoms with E-state index in [0.29, 0.717) is 17.2 Å². The minimum absolute atomic E-state index is 0.261. The van der Waals surface area contributed by atoms with Crippen LogP contribution < -0.4 is 5.32 Å². The van der Waals surface area contributed by atoms with Crippen molar-refractivity contribution < 1.29 is 13.6 Å². The second-order valence-electron chi connectivity index (χ2n) is 5.98. The highest BCUT2D eigenvalue weighted by Gasteiger charge is 2.12. The molecule has 26 heavy (non-hydrogen) atoms. The molecule has 4 rings (SSSR count). The number of rotatable bonds is 3. The van der Waals surface area contributed by atoms with Gasteiger partial charge in [-0.25, -0.2) is 9.37 Å². The first-order valence-corrected chi connectivity index (χ1v) is 8.14. The Morgan fingerprint density at radius 1 is 1.04 bits per heavy atom. The number of hydrogen-bond acceptors (Lipinski definition) is 3. The Morgan fingerprint density at radius 2 is 1.88 bits per heavy atom. The van der Waals surface area contributed by atoms with Gasteiger partial charge in [0.05, 0.1) is 0 Å². The number of nitrogens with one attached hydrogen (secondary N) is 1. The smallest absolute Gasteiger partial charge is 0.255 e. The molecule has 0 spiro atoms. The Labute approximate surface area is 149 Å². The van der Waals surface area contributed by atoms with Crippen LogP contribution in [0.2, 0.25) is 0 Å². The molecule has 0 bridgehead atoms. The zero-order valence-electron chi connectivity index (χ0n) is 14.0. The maximum absolute atomic E-state index is 13.3. The van der Waals surface area contributed by atoms with E-state index >= 15 is 0 Å². The van der Waals surface area contributed by atoms with Crippen LogP contribution in [0.25, 0.3) is 22.6 Å². The first kappa shape index (κ1) is 16.0. The van der Waals surface area contributed by atoms with Gasteiger partial charge in [-0.1, -0.05) is 24.3 Å². The van der Waals surface area contributed by atoms with Gasteiger partial charge in [-0.05, 0) is 55.0 Å². The summed E-state index contributed by atoms with van der Waals surface area (Å²) in [6, 6.07) is 18.7. The van der Waals surface area contributed by atoms with Gasteiger partial charge in [0.2, 0.25) is 5.89 Å². The predicted octanol–water partition coefficient (Wildman–Crippen LogP) is 5.19. The lowest BCUT2D eigenvalue weighted by atomic mass is 10.1. The summed E-state index contributed by atoms with van der Waals surface area (Å²) in [4.78, 5) is 16.9.